The average molecular weight is 311 g/mol. The van der Waals surface area contributed by atoms with Gasteiger partial charge in [0.05, 0.1) is 13.5 Å². The maximum absolute atomic E-state index is 11.9. The number of aromatic nitrogens is 1. The summed E-state index contributed by atoms with van der Waals surface area (Å²) >= 11 is 0. The van der Waals surface area contributed by atoms with Crippen LogP contribution in [0.2, 0.25) is 0 Å². The zero-order valence-corrected chi connectivity index (χ0v) is 13.4. The summed E-state index contributed by atoms with van der Waals surface area (Å²) in [6.07, 6.45) is 2.19. The van der Waals surface area contributed by atoms with Gasteiger partial charge in [0.25, 0.3) is 0 Å². The largest absolute Gasteiger partial charge is 0.496 e. The highest BCUT2D eigenvalue weighted by atomic mass is 16.5. The number of carbonyl (C=O) groups is 1. The molecular weight excluding hydrogens is 290 g/mol. The Morgan fingerprint density at radius 2 is 2.00 bits per heavy atom. The predicted octanol–water partition coefficient (Wildman–Crippen LogP) is 3.63. The summed E-state index contributed by atoms with van der Waals surface area (Å²) in [5.41, 5.74) is 1.43. The van der Waals surface area contributed by atoms with Gasteiger partial charge in [0.15, 0.2) is 0 Å². The van der Waals surface area contributed by atoms with Crippen molar-refractivity contribution in [1.82, 2.24) is 4.98 Å². The molecule has 0 spiro atoms. The van der Waals surface area contributed by atoms with Crippen molar-refractivity contribution in [2.24, 2.45) is 0 Å². The van der Waals surface area contributed by atoms with Gasteiger partial charge in [-0.05, 0) is 36.1 Å². The number of rotatable bonds is 7. The Morgan fingerprint density at radius 1 is 1.26 bits per heavy atom. The molecule has 5 heteroatoms. The molecule has 1 atom stereocenters. The Morgan fingerprint density at radius 3 is 2.70 bits per heavy atom. The molecule has 23 heavy (non-hydrogen) atoms. The van der Waals surface area contributed by atoms with Crippen LogP contribution in [0, 0.1) is 5.41 Å². The SMILES string of the molecule is COc1ccccc1[C@@H](C)CC(=N)CC(=O)Nc1ccccn1. The molecule has 2 N–H and O–H groups in total. The normalized spacial score (nSPS) is 11.6. The molecule has 0 aliphatic heterocycles. The summed E-state index contributed by atoms with van der Waals surface area (Å²) in [6, 6.07) is 13.1. The zero-order valence-electron chi connectivity index (χ0n) is 13.4. The van der Waals surface area contributed by atoms with Crippen LogP contribution in [0.1, 0.15) is 31.2 Å². The number of para-hydroxylation sites is 1. The molecule has 0 aliphatic carbocycles. The molecule has 0 aliphatic rings. The van der Waals surface area contributed by atoms with E-state index in [1.54, 1.807) is 31.5 Å². The number of hydrogen-bond donors (Lipinski definition) is 2. The molecule has 0 saturated carbocycles. The molecule has 5 nitrogen and oxygen atoms in total. The molecule has 1 aromatic carbocycles. The number of ether oxygens (including phenoxy) is 1. The van der Waals surface area contributed by atoms with Gasteiger partial charge in [0, 0.05) is 11.9 Å². The van der Waals surface area contributed by atoms with Gasteiger partial charge in [-0.2, -0.15) is 0 Å². The predicted molar refractivity (Wildman–Crippen MR) is 91.2 cm³/mol. The summed E-state index contributed by atoms with van der Waals surface area (Å²) in [4.78, 5) is 16.0. The van der Waals surface area contributed by atoms with E-state index in [-0.39, 0.29) is 18.2 Å². The molecule has 2 aromatic rings. The quantitative estimate of drug-likeness (QED) is 0.767. The maximum Gasteiger partial charge on any atom is 0.231 e. The highest BCUT2D eigenvalue weighted by molar-refractivity contribution is 6.05. The molecular formula is C18H21N3O2. The minimum atomic E-state index is -0.221. The second-order valence-electron chi connectivity index (χ2n) is 5.39. The number of pyridine rings is 1. The van der Waals surface area contributed by atoms with Crippen LogP contribution in [-0.4, -0.2) is 23.7 Å². The number of nitrogens with zero attached hydrogens (tertiary/aromatic N) is 1. The van der Waals surface area contributed by atoms with Gasteiger partial charge in [-0.3, -0.25) is 4.79 Å². The first-order chi connectivity index (χ1) is 11.1. The van der Waals surface area contributed by atoms with E-state index in [1.807, 2.05) is 31.2 Å². The van der Waals surface area contributed by atoms with Crippen LogP contribution < -0.4 is 10.1 Å². The van der Waals surface area contributed by atoms with Crippen molar-refractivity contribution >= 4 is 17.4 Å². The number of amides is 1. The highest BCUT2D eigenvalue weighted by Crippen LogP contribution is 2.28. The van der Waals surface area contributed by atoms with Crippen molar-refractivity contribution in [3.8, 4) is 5.75 Å². The minimum absolute atomic E-state index is 0.0655. The third-order valence-electron chi connectivity index (χ3n) is 3.53. The number of nitrogens with one attached hydrogen (secondary N) is 2. The van der Waals surface area contributed by atoms with E-state index >= 15 is 0 Å². The average Bonchev–Trinajstić information content (AvgIpc) is 2.55. The third kappa shape index (κ3) is 4.92. The monoisotopic (exact) mass is 311 g/mol. The second kappa shape index (κ2) is 8.08. The first-order valence-corrected chi connectivity index (χ1v) is 7.50. The summed E-state index contributed by atoms with van der Waals surface area (Å²) in [7, 11) is 1.64. The van der Waals surface area contributed by atoms with Crippen molar-refractivity contribution in [2.75, 3.05) is 12.4 Å². The van der Waals surface area contributed by atoms with Crippen LogP contribution >= 0.6 is 0 Å². The van der Waals surface area contributed by atoms with E-state index < -0.39 is 0 Å². The molecule has 1 amide bonds. The van der Waals surface area contributed by atoms with Crippen LogP contribution in [0.3, 0.4) is 0 Å². The molecule has 0 unspecified atom stereocenters. The van der Waals surface area contributed by atoms with E-state index in [9.17, 15) is 4.79 Å². The van der Waals surface area contributed by atoms with Crippen LogP contribution in [-0.2, 0) is 4.79 Å². The number of carbonyl (C=O) groups excluding carboxylic acids is 1. The van der Waals surface area contributed by atoms with E-state index in [1.165, 1.54) is 0 Å². The first-order valence-electron chi connectivity index (χ1n) is 7.50. The zero-order chi connectivity index (χ0) is 16.7. The third-order valence-corrected chi connectivity index (χ3v) is 3.53. The van der Waals surface area contributed by atoms with Crippen molar-refractivity contribution in [2.45, 2.75) is 25.7 Å². The van der Waals surface area contributed by atoms with Crippen molar-refractivity contribution in [3.63, 3.8) is 0 Å². The Kier molecular flexibility index (Phi) is 5.86. The van der Waals surface area contributed by atoms with Crippen LogP contribution in [0.4, 0.5) is 5.82 Å². The lowest BCUT2D eigenvalue weighted by Gasteiger charge is -2.16. The van der Waals surface area contributed by atoms with E-state index in [4.69, 9.17) is 10.1 Å². The fraction of sp³-hybridized carbons (Fsp3) is 0.278. The molecule has 2 rings (SSSR count). The Hall–Kier alpha value is -2.69. The molecule has 0 fully saturated rings. The number of methoxy groups -OCH3 is 1. The van der Waals surface area contributed by atoms with Gasteiger partial charge >= 0.3 is 0 Å². The second-order valence-corrected chi connectivity index (χ2v) is 5.39. The standard InChI is InChI=1S/C18H21N3O2/c1-13(15-7-3-4-8-16(15)23-2)11-14(19)12-18(22)21-17-9-5-6-10-20-17/h3-10,13,19H,11-12H2,1-2H3,(H,20,21,22)/t13-/m0/s1. The van der Waals surface area contributed by atoms with Crippen molar-refractivity contribution in [1.29, 1.82) is 5.41 Å². The highest BCUT2D eigenvalue weighted by Gasteiger charge is 2.15. The van der Waals surface area contributed by atoms with E-state index in [0.29, 0.717) is 18.0 Å². The summed E-state index contributed by atoms with van der Waals surface area (Å²) < 4.78 is 5.35. The molecule has 1 heterocycles. The topological polar surface area (TPSA) is 75.1 Å². The smallest absolute Gasteiger partial charge is 0.231 e. The lowest BCUT2D eigenvalue weighted by atomic mass is 9.93. The van der Waals surface area contributed by atoms with Gasteiger partial charge in [-0.25, -0.2) is 4.98 Å². The Labute approximate surface area is 136 Å². The van der Waals surface area contributed by atoms with Crippen molar-refractivity contribution < 1.29 is 9.53 Å². The summed E-state index contributed by atoms with van der Waals surface area (Å²) in [5.74, 6) is 1.20. The number of hydrogen-bond acceptors (Lipinski definition) is 4. The lowest BCUT2D eigenvalue weighted by molar-refractivity contribution is -0.115. The van der Waals surface area contributed by atoms with Crippen LogP contribution in [0.5, 0.6) is 5.75 Å². The van der Waals surface area contributed by atoms with Gasteiger partial charge in [0.1, 0.15) is 11.6 Å². The Balaban J connectivity index is 1.90. The van der Waals surface area contributed by atoms with Gasteiger partial charge in [-0.15, -0.1) is 0 Å². The maximum atomic E-state index is 11.9. The van der Waals surface area contributed by atoms with Crippen LogP contribution in [0.25, 0.3) is 0 Å². The van der Waals surface area contributed by atoms with Gasteiger partial charge in [0.2, 0.25) is 5.91 Å². The van der Waals surface area contributed by atoms with Gasteiger partial charge in [-0.1, -0.05) is 31.2 Å². The van der Waals surface area contributed by atoms with Gasteiger partial charge < -0.3 is 15.5 Å². The summed E-state index contributed by atoms with van der Waals surface area (Å²) in [5, 5.41) is 10.8. The lowest BCUT2D eigenvalue weighted by Crippen LogP contribution is -2.17. The molecule has 0 bridgehead atoms. The number of benzene rings is 1. The van der Waals surface area contributed by atoms with Crippen molar-refractivity contribution in [3.05, 3.63) is 54.2 Å². The fourth-order valence-corrected chi connectivity index (χ4v) is 2.44. The number of anilines is 1. The summed E-state index contributed by atoms with van der Waals surface area (Å²) in [6.45, 7) is 2.03. The Bertz CT molecular complexity index is 671. The molecule has 1 aromatic heterocycles. The fourth-order valence-electron chi connectivity index (χ4n) is 2.44. The molecule has 0 saturated heterocycles. The minimum Gasteiger partial charge on any atom is -0.496 e. The molecule has 0 radical (unpaired) electrons. The van der Waals surface area contributed by atoms with E-state index in [2.05, 4.69) is 10.3 Å². The first kappa shape index (κ1) is 16.7. The van der Waals surface area contributed by atoms with E-state index in [0.717, 1.165) is 11.3 Å². The molecule has 120 valence electrons. The van der Waals surface area contributed by atoms with Crippen LogP contribution in [0.15, 0.2) is 48.7 Å².